The van der Waals surface area contributed by atoms with E-state index in [0.717, 1.165) is 0 Å². The molecule has 1 aliphatic rings. The van der Waals surface area contributed by atoms with Crippen molar-refractivity contribution in [3.63, 3.8) is 0 Å². The fourth-order valence-corrected chi connectivity index (χ4v) is 2.97. The second kappa shape index (κ2) is 9.54. The Hall–Kier alpha value is -2.36. The van der Waals surface area contributed by atoms with Gasteiger partial charge in [-0.25, -0.2) is 9.48 Å². The van der Waals surface area contributed by atoms with E-state index < -0.39 is 0 Å². The number of hydrogen-bond acceptors (Lipinski definition) is 5. The van der Waals surface area contributed by atoms with Gasteiger partial charge >= 0.3 is 6.03 Å². The quantitative estimate of drug-likeness (QED) is 0.590. The van der Waals surface area contributed by atoms with Crippen LogP contribution >= 0.6 is 24.0 Å². The highest BCUT2D eigenvalue weighted by molar-refractivity contribution is 6.30. The Labute approximate surface area is 167 Å². The molecule has 2 atom stereocenters. The Balaban J connectivity index is 0.00000261. The summed E-state index contributed by atoms with van der Waals surface area (Å²) >= 11 is 5.88. The zero-order valence-corrected chi connectivity index (χ0v) is 16.2. The van der Waals surface area contributed by atoms with Crippen LogP contribution in [0.25, 0.3) is 0 Å². The summed E-state index contributed by atoms with van der Waals surface area (Å²) in [5, 5.41) is 19.9. The van der Waals surface area contributed by atoms with Crippen molar-refractivity contribution in [2.24, 2.45) is 0 Å². The second-order valence-corrected chi connectivity index (χ2v) is 6.41. The Morgan fingerprint density at radius 3 is 2.96 bits per heavy atom. The lowest BCUT2D eigenvalue weighted by Crippen LogP contribution is -2.38. The number of benzene rings is 1. The molecule has 2 aromatic rings. The van der Waals surface area contributed by atoms with Gasteiger partial charge in [0.15, 0.2) is 0 Å². The first-order chi connectivity index (χ1) is 12.5. The molecule has 1 aromatic carbocycles. The molecule has 0 unspecified atom stereocenters. The summed E-state index contributed by atoms with van der Waals surface area (Å²) in [4.78, 5) is 23.6. The van der Waals surface area contributed by atoms with E-state index in [1.54, 1.807) is 42.2 Å². The first-order valence-corrected chi connectivity index (χ1v) is 8.59. The number of aromatic nitrogens is 3. The lowest BCUT2D eigenvalue weighted by molar-refractivity contribution is -0.122. The average Bonchev–Trinajstić information content (AvgIpc) is 3.28. The van der Waals surface area contributed by atoms with Gasteiger partial charge in [0.1, 0.15) is 5.69 Å². The summed E-state index contributed by atoms with van der Waals surface area (Å²) in [5.74, 6) is -0.0350. The minimum atomic E-state index is -0.357. The summed E-state index contributed by atoms with van der Waals surface area (Å²) in [6, 6.07) is 6.37. The molecule has 0 spiro atoms. The van der Waals surface area contributed by atoms with Gasteiger partial charge in [0.25, 0.3) is 0 Å². The third-order valence-electron chi connectivity index (χ3n) is 4.11. The fourth-order valence-electron chi connectivity index (χ4n) is 2.78. The van der Waals surface area contributed by atoms with Gasteiger partial charge in [-0.1, -0.05) is 22.9 Å². The van der Waals surface area contributed by atoms with E-state index in [-0.39, 0.29) is 43.0 Å². The van der Waals surface area contributed by atoms with Gasteiger partial charge in [-0.2, -0.15) is 0 Å². The van der Waals surface area contributed by atoms with E-state index in [1.165, 1.54) is 0 Å². The molecule has 0 aliphatic carbocycles. The predicted molar refractivity (Wildman–Crippen MR) is 104 cm³/mol. The van der Waals surface area contributed by atoms with Crippen LogP contribution in [-0.4, -0.2) is 46.6 Å². The van der Waals surface area contributed by atoms with Gasteiger partial charge in [0.2, 0.25) is 5.91 Å². The number of hydrogen-bond donors (Lipinski definition) is 4. The SMILES string of the molecule is CNC(=O)[C@@H]1C[C@H](n2cc(CNC(=O)Nc3cccc(Cl)c3)nn2)CN1.Cl. The molecule has 27 heavy (non-hydrogen) atoms. The highest BCUT2D eigenvalue weighted by atomic mass is 35.5. The standard InChI is InChI=1S/C16H20ClN7O2.ClH/c1-18-15(25)14-6-13(8-19-14)24-9-12(22-23-24)7-20-16(26)21-11-4-2-3-10(17)5-11;/h2-5,9,13-14,19H,6-8H2,1H3,(H,18,25)(H2,20,21,26);1H/t13-,14-;/m0./s1. The maximum absolute atomic E-state index is 11.9. The van der Waals surface area contributed by atoms with E-state index in [4.69, 9.17) is 11.6 Å². The van der Waals surface area contributed by atoms with E-state index >= 15 is 0 Å². The molecule has 146 valence electrons. The molecule has 4 N–H and O–H groups in total. The maximum Gasteiger partial charge on any atom is 0.319 e. The number of halogens is 2. The van der Waals surface area contributed by atoms with E-state index in [2.05, 4.69) is 31.6 Å². The van der Waals surface area contributed by atoms with Crippen LogP contribution in [0.15, 0.2) is 30.5 Å². The predicted octanol–water partition coefficient (Wildman–Crippen LogP) is 1.32. The molecule has 0 radical (unpaired) electrons. The third-order valence-corrected chi connectivity index (χ3v) is 4.35. The third kappa shape index (κ3) is 5.56. The van der Waals surface area contributed by atoms with E-state index in [0.29, 0.717) is 29.4 Å². The molecule has 1 saturated heterocycles. The maximum atomic E-state index is 11.9. The van der Waals surface area contributed by atoms with Crippen molar-refractivity contribution in [3.05, 3.63) is 41.2 Å². The molecular formula is C16H21Cl2N7O2. The average molecular weight is 414 g/mol. The Morgan fingerprint density at radius 2 is 2.22 bits per heavy atom. The summed E-state index contributed by atoms with van der Waals surface area (Å²) in [6.07, 6.45) is 2.42. The van der Waals surface area contributed by atoms with Crippen LogP contribution in [-0.2, 0) is 11.3 Å². The van der Waals surface area contributed by atoms with Gasteiger partial charge in [-0.05, 0) is 24.6 Å². The summed E-state index contributed by atoms with van der Waals surface area (Å²) in [6.45, 7) is 0.884. The molecule has 0 bridgehead atoms. The number of anilines is 1. The van der Waals surface area contributed by atoms with E-state index in [1.807, 2.05) is 0 Å². The number of carbonyl (C=O) groups excluding carboxylic acids is 2. The van der Waals surface area contributed by atoms with Crippen LogP contribution in [0.5, 0.6) is 0 Å². The summed E-state index contributed by atoms with van der Waals surface area (Å²) < 4.78 is 1.72. The number of rotatable bonds is 5. The minimum absolute atomic E-state index is 0. The monoisotopic (exact) mass is 413 g/mol. The molecular weight excluding hydrogens is 393 g/mol. The molecule has 9 nitrogen and oxygen atoms in total. The van der Waals surface area contributed by atoms with Gasteiger partial charge in [0.05, 0.1) is 24.8 Å². The highest BCUT2D eigenvalue weighted by Gasteiger charge is 2.30. The van der Waals surface area contributed by atoms with Crippen molar-refractivity contribution in [1.82, 2.24) is 30.9 Å². The number of nitrogens with zero attached hydrogens (tertiary/aromatic N) is 3. The summed E-state index contributed by atoms with van der Waals surface area (Å²) in [5.41, 5.74) is 1.24. The molecule has 0 saturated carbocycles. The Bertz CT molecular complexity index is 799. The van der Waals surface area contributed by atoms with Crippen molar-refractivity contribution in [2.45, 2.75) is 25.0 Å². The molecule has 1 fully saturated rings. The zero-order valence-electron chi connectivity index (χ0n) is 14.6. The molecule has 3 rings (SSSR count). The Kier molecular flexibility index (Phi) is 7.40. The lowest BCUT2D eigenvalue weighted by Gasteiger charge is -2.09. The van der Waals surface area contributed by atoms with Crippen LogP contribution in [0, 0.1) is 0 Å². The molecule has 1 aromatic heterocycles. The van der Waals surface area contributed by atoms with Crippen LogP contribution in [0.2, 0.25) is 5.02 Å². The zero-order chi connectivity index (χ0) is 18.5. The highest BCUT2D eigenvalue weighted by Crippen LogP contribution is 2.19. The van der Waals surface area contributed by atoms with Crippen molar-refractivity contribution in [3.8, 4) is 0 Å². The molecule has 1 aliphatic heterocycles. The number of amides is 3. The van der Waals surface area contributed by atoms with Gasteiger partial charge < -0.3 is 21.3 Å². The second-order valence-electron chi connectivity index (χ2n) is 5.97. The first-order valence-electron chi connectivity index (χ1n) is 8.21. The van der Waals surface area contributed by atoms with Crippen molar-refractivity contribution in [2.75, 3.05) is 18.9 Å². The van der Waals surface area contributed by atoms with Crippen LogP contribution in [0.1, 0.15) is 18.2 Å². The van der Waals surface area contributed by atoms with Crippen molar-refractivity contribution >= 4 is 41.6 Å². The van der Waals surface area contributed by atoms with E-state index in [9.17, 15) is 9.59 Å². The minimum Gasteiger partial charge on any atom is -0.358 e. The smallest absolute Gasteiger partial charge is 0.319 e. The van der Waals surface area contributed by atoms with Crippen LogP contribution in [0.3, 0.4) is 0 Å². The number of nitrogens with one attached hydrogen (secondary N) is 4. The van der Waals surface area contributed by atoms with Crippen molar-refractivity contribution < 1.29 is 9.59 Å². The number of carbonyl (C=O) groups is 2. The largest absolute Gasteiger partial charge is 0.358 e. The van der Waals surface area contributed by atoms with Crippen LogP contribution < -0.4 is 21.3 Å². The normalized spacial score (nSPS) is 18.4. The molecule has 2 heterocycles. The molecule has 3 amide bonds. The Morgan fingerprint density at radius 1 is 1.41 bits per heavy atom. The lowest BCUT2D eigenvalue weighted by atomic mass is 10.1. The van der Waals surface area contributed by atoms with Gasteiger partial charge in [-0.3, -0.25) is 4.79 Å². The summed E-state index contributed by atoms with van der Waals surface area (Å²) in [7, 11) is 1.62. The molecule has 11 heteroatoms. The fraction of sp³-hybridized carbons (Fsp3) is 0.375. The first kappa shape index (κ1) is 20.9. The topological polar surface area (TPSA) is 113 Å². The van der Waals surface area contributed by atoms with Gasteiger partial charge in [0, 0.05) is 24.3 Å². The van der Waals surface area contributed by atoms with Gasteiger partial charge in [-0.15, -0.1) is 17.5 Å². The number of urea groups is 1. The van der Waals surface area contributed by atoms with Crippen LogP contribution in [0.4, 0.5) is 10.5 Å². The number of likely N-dealkylation sites (N-methyl/N-ethyl adjacent to an activating group) is 1. The van der Waals surface area contributed by atoms with Crippen molar-refractivity contribution in [1.29, 1.82) is 0 Å².